The first-order valence-corrected chi connectivity index (χ1v) is 7.86. The highest BCUT2D eigenvalue weighted by atomic mass is 32.2. The molecule has 0 atom stereocenters. The smallest absolute Gasteiger partial charge is 0.226 e. The van der Waals surface area contributed by atoms with Crippen LogP contribution >= 0.6 is 11.8 Å². The molecule has 0 saturated carbocycles. The second-order valence-corrected chi connectivity index (χ2v) is 6.58. The van der Waals surface area contributed by atoms with E-state index < -0.39 is 0 Å². The molecular formula is C13H20N4O2S. The zero-order valence-electron chi connectivity index (χ0n) is 12.3. The Bertz CT molecular complexity index is 545. The van der Waals surface area contributed by atoms with Crippen molar-refractivity contribution in [3.63, 3.8) is 0 Å². The standard InChI is InChI=1S/C13H20N4O2S/c1-5-6-10-14-9(17-19-10)7-20-8-11-15-16-12(18-11)13(2,3)4/h5-8H2,1-4H3. The molecule has 0 saturated heterocycles. The lowest BCUT2D eigenvalue weighted by Gasteiger charge is -2.10. The number of rotatable bonds is 6. The van der Waals surface area contributed by atoms with Crippen molar-refractivity contribution in [3.05, 3.63) is 23.5 Å². The fourth-order valence-electron chi connectivity index (χ4n) is 1.51. The molecule has 20 heavy (non-hydrogen) atoms. The van der Waals surface area contributed by atoms with E-state index in [1.165, 1.54) is 0 Å². The average Bonchev–Trinajstić information content (AvgIpc) is 2.98. The average molecular weight is 296 g/mol. The number of aromatic nitrogens is 4. The highest BCUT2D eigenvalue weighted by Gasteiger charge is 2.21. The minimum atomic E-state index is -0.112. The van der Waals surface area contributed by atoms with E-state index in [9.17, 15) is 0 Å². The van der Waals surface area contributed by atoms with Crippen LogP contribution in [0, 0.1) is 0 Å². The van der Waals surface area contributed by atoms with Gasteiger partial charge in [-0.15, -0.1) is 22.0 Å². The Hall–Kier alpha value is -1.37. The quantitative estimate of drug-likeness (QED) is 0.810. The molecule has 2 aromatic rings. The molecule has 0 aliphatic carbocycles. The van der Waals surface area contributed by atoms with E-state index in [2.05, 4.69) is 27.3 Å². The van der Waals surface area contributed by atoms with E-state index in [-0.39, 0.29) is 5.41 Å². The van der Waals surface area contributed by atoms with E-state index >= 15 is 0 Å². The Balaban J connectivity index is 1.82. The van der Waals surface area contributed by atoms with E-state index in [1.807, 2.05) is 20.8 Å². The SMILES string of the molecule is CCCc1nc(CSCc2nnc(C(C)(C)C)o2)no1. The topological polar surface area (TPSA) is 77.8 Å². The first kappa shape index (κ1) is 15.0. The maximum atomic E-state index is 5.62. The zero-order valence-corrected chi connectivity index (χ0v) is 13.2. The molecule has 0 N–H and O–H groups in total. The van der Waals surface area contributed by atoms with Crippen molar-refractivity contribution >= 4 is 11.8 Å². The van der Waals surface area contributed by atoms with Gasteiger partial charge in [0.05, 0.1) is 11.5 Å². The van der Waals surface area contributed by atoms with Gasteiger partial charge in [0.15, 0.2) is 5.82 Å². The van der Waals surface area contributed by atoms with Crippen LogP contribution in [0.15, 0.2) is 8.94 Å². The van der Waals surface area contributed by atoms with Crippen LogP contribution in [-0.4, -0.2) is 20.3 Å². The molecule has 6 nitrogen and oxygen atoms in total. The van der Waals surface area contributed by atoms with Crippen LogP contribution < -0.4 is 0 Å². The summed E-state index contributed by atoms with van der Waals surface area (Å²) in [5.74, 6) is 4.06. The van der Waals surface area contributed by atoms with E-state index in [4.69, 9.17) is 8.94 Å². The third-order valence-electron chi connectivity index (χ3n) is 2.54. The van der Waals surface area contributed by atoms with Crippen LogP contribution in [0.4, 0.5) is 0 Å². The molecule has 0 unspecified atom stereocenters. The Morgan fingerprint density at radius 2 is 1.90 bits per heavy atom. The lowest BCUT2D eigenvalue weighted by molar-refractivity contribution is 0.373. The lowest BCUT2D eigenvalue weighted by atomic mass is 9.97. The molecule has 0 bridgehead atoms. The number of hydrogen-bond acceptors (Lipinski definition) is 7. The number of hydrogen-bond donors (Lipinski definition) is 0. The van der Waals surface area contributed by atoms with Gasteiger partial charge >= 0.3 is 0 Å². The number of thioether (sulfide) groups is 1. The summed E-state index contributed by atoms with van der Waals surface area (Å²) >= 11 is 1.63. The predicted octanol–water partition coefficient (Wildman–Crippen LogP) is 3.14. The van der Waals surface area contributed by atoms with Gasteiger partial charge in [0.1, 0.15) is 0 Å². The molecule has 0 aromatic carbocycles. The minimum Gasteiger partial charge on any atom is -0.424 e. The third-order valence-corrected chi connectivity index (χ3v) is 3.45. The molecule has 2 rings (SSSR count). The van der Waals surface area contributed by atoms with Gasteiger partial charge in [-0.3, -0.25) is 0 Å². The first-order valence-electron chi connectivity index (χ1n) is 6.71. The number of nitrogens with zero attached hydrogens (tertiary/aromatic N) is 4. The van der Waals surface area contributed by atoms with Crippen molar-refractivity contribution in [1.29, 1.82) is 0 Å². The lowest BCUT2D eigenvalue weighted by Crippen LogP contribution is -2.11. The summed E-state index contributed by atoms with van der Waals surface area (Å²) in [5, 5.41) is 12.0. The fraction of sp³-hybridized carbons (Fsp3) is 0.692. The fourth-order valence-corrected chi connectivity index (χ4v) is 2.20. The monoisotopic (exact) mass is 296 g/mol. The molecule has 0 spiro atoms. The zero-order chi connectivity index (χ0) is 14.6. The summed E-state index contributed by atoms with van der Waals surface area (Å²) in [4.78, 5) is 4.31. The largest absolute Gasteiger partial charge is 0.424 e. The maximum Gasteiger partial charge on any atom is 0.226 e. The number of aryl methyl sites for hydroxylation is 1. The molecule has 0 radical (unpaired) electrons. The van der Waals surface area contributed by atoms with Gasteiger partial charge in [-0.1, -0.05) is 32.9 Å². The van der Waals surface area contributed by atoms with Crippen LogP contribution in [0.1, 0.15) is 57.6 Å². The minimum absolute atomic E-state index is 0.112. The van der Waals surface area contributed by atoms with Crippen LogP contribution in [-0.2, 0) is 23.3 Å². The second kappa shape index (κ2) is 6.39. The van der Waals surface area contributed by atoms with E-state index in [0.29, 0.717) is 35.0 Å². The van der Waals surface area contributed by atoms with Crippen LogP contribution in [0.5, 0.6) is 0 Å². The summed E-state index contributed by atoms with van der Waals surface area (Å²) in [6, 6.07) is 0. The summed E-state index contributed by atoms with van der Waals surface area (Å²) in [6.07, 6.45) is 1.84. The van der Waals surface area contributed by atoms with Gasteiger partial charge in [-0.25, -0.2) is 0 Å². The van der Waals surface area contributed by atoms with Crippen molar-refractivity contribution in [2.75, 3.05) is 0 Å². The molecule has 0 fully saturated rings. The van der Waals surface area contributed by atoms with Crippen LogP contribution in [0.3, 0.4) is 0 Å². The Morgan fingerprint density at radius 1 is 1.10 bits per heavy atom. The summed E-state index contributed by atoms with van der Waals surface area (Å²) in [6.45, 7) is 8.23. The van der Waals surface area contributed by atoms with Crippen molar-refractivity contribution in [1.82, 2.24) is 20.3 Å². The molecule has 0 amide bonds. The summed E-state index contributed by atoms with van der Waals surface area (Å²) in [7, 11) is 0. The molecule has 0 aliphatic rings. The normalized spacial score (nSPS) is 12.0. The van der Waals surface area contributed by atoms with Gasteiger partial charge in [-0.05, 0) is 6.42 Å². The van der Waals surface area contributed by atoms with Gasteiger partial charge in [0.2, 0.25) is 17.7 Å². The molecular weight excluding hydrogens is 276 g/mol. The summed E-state index contributed by atoms with van der Waals surface area (Å²) < 4.78 is 10.8. The Kier molecular flexibility index (Phi) is 4.80. The Morgan fingerprint density at radius 3 is 2.55 bits per heavy atom. The van der Waals surface area contributed by atoms with Crippen molar-refractivity contribution in [3.8, 4) is 0 Å². The first-order chi connectivity index (χ1) is 9.49. The van der Waals surface area contributed by atoms with Crippen LogP contribution in [0.25, 0.3) is 0 Å². The van der Waals surface area contributed by atoms with Gasteiger partial charge in [0, 0.05) is 11.8 Å². The molecule has 0 aliphatic heterocycles. The molecule has 7 heteroatoms. The highest BCUT2D eigenvalue weighted by molar-refractivity contribution is 7.97. The highest BCUT2D eigenvalue weighted by Crippen LogP contribution is 2.22. The third kappa shape index (κ3) is 4.06. The molecule has 2 aromatic heterocycles. The molecule has 2 heterocycles. The van der Waals surface area contributed by atoms with Crippen molar-refractivity contribution in [2.24, 2.45) is 0 Å². The maximum absolute atomic E-state index is 5.62. The van der Waals surface area contributed by atoms with Gasteiger partial charge in [-0.2, -0.15) is 4.98 Å². The van der Waals surface area contributed by atoms with Gasteiger partial charge < -0.3 is 8.94 Å². The van der Waals surface area contributed by atoms with Crippen LogP contribution in [0.2, 0.25) is 0 Å². The summed E-state index contributed by atoms with van der Waals surface area (Å²) in [5.41, 5.74) is -0.112. The molecule has 110 valence electrons. The predicted molar refractivity (Wildman–Crippen MR) is 76.3 cm³/mol. The van der Waals surface area contributed by atoms with Crippen molar-refractivity contribution in [2.45, 2.75) is 57.5 Å². The Labute approximate surface area is 122 Å². The van der Waals surface area contributed by atoms with E-state index in [1.54, 1.807) is 11.8 Å². The van der Waals surface area contributed by atoms with Crippen molar-refractivity contribution < 1.29 is 8.94 Å². The van der Waals surface area contributed by atoms with Gasteiger partial charge in [0.25, 0.3) is 0 Å². The second-order valence-electron chi connectivity index (χ2n) is 5.60. The van der Waals surface area contributed by atoms with E-state index in [0.717, 1.165) is 12.8 Å².